The molecule has 7 heteroatoms. The van der Waals surface area contributed by atoms with E-state index in [1.165, 1.54) is 101 Å². The maximum atomic E-state index is 12.1. The zero-order valence-electron chi connectivity index (χ0n) is 19.5. The minimum absolute atomic E-state index is 0. The number of carbonyl (C=O) groups is 1. The first kappa shape index (κ1) is 29.4. The van der Waals surface area contributed by atoms with E-state index in [9.17, 15) is 13.2 Å². The first-order valence-corrected chi connectivity index (χ1v) is 13.3. The lowest BCUT2D eigenvalue weighted by molar-refractivity contribution is -0.119. The van der Waals surface area contributed by atoms with Crippen LogP contribution in [0.15, 0.2) is 29.2 Å². The van der Waals surface area contributed by atoms with Crippen LogP contribution in [0.5, 0.6) is 0 Å². The van der Waals surface area contributed by atoms with Crippen molar-refractivity contribution in [2.24, 2.45) is 0 Å². The molecule has 1 amide bonds. The number of nitrogens with one attached hydrogen (secondary N) is 1. The van der Waals surface area contributed by atoms with Crippen molar-refractivity contribution < 1.29 is 13.2 Å². The second kappa shape index (κ2) is 18.0. The van der Waals surface area contributed by atoms with Crippen molar-refractivity contribution in [3.63, 3.8) is 0 Å². The molecular formula is C24H45N3O3S. The van der Waals surface area contributed by atoms with Crippen LogP contribution in [0.1, 0.15) is 110 Å². The Morgan fingerprint density at radius 1 is 0.742 bits per heavy atom. The first-order chi connectivity index (χ1) is 14.5. The zero-order valence-corrected chi connectivity index (χ0v) is 20.4. The largest absolute Gasteiger partial charge is 0.399 e. The van der Waals surface area contributed by atoms with E-state index in [1.54, 1.807) is 0 Å². The summed E-state index contributed by atoms with van der Waals surface area (Å²) in [5, 5.41) is 0. The minimum atomic E-state index is -3.80. The predicted octanol–water partition coefficient (Wildman–Crippen LogP) is 6.50. The molecule has 180 valence electrons. The molecule has 1 rings (SSSR count). The van der Waals surface area contributed by atoms with Gasteiger partial charge in [0.1, 0.15) is 0 Å². The maximum absolute atomic E-state index is 12.1. The number of rotatable bonds is 18. The highest BCUT2D eigenvalue weighted by molar-refractivity contribution is 7.90. The Morgan fingerprint density at radius 2 is 1.13 bits per heavy atom. The van der Waals surface area contributed by atoms with Crippen molar-refractivity contribution in [1.82, 2.24) is 10.9 Å². The molecule has 0 spiro atoms. The van der Waals surface area contributed by atoms with Gasteiger partial charge in [-0.1, -0.05) is 96.8 Å². The van der Waals surface area contributed by atoms with E-state index in [-0.39, 0.29) is 17.5 Å². The van der Waals surface area contributed by atoms with Crippen molar-refractivity contribution in [3.8, 4) is 0 Å². The smallest absolute Gasteiger partial charge is 0.264 e. The van der Waals surface area contributed by atoms with Gasteiger partial charge in [0.2, 0.25) is 5.91 Å². The van der Waals surface area contributed by atoms with Gasteiger partial charge < -0.3 is 11.9 Å². The lowest BCUT2D eigenvalue weighted by Gasteiger charge is -2.07. The molecule has 0 aliphatic carbocycles. The molecule has 0 atom stereocenters. The van der Waals surface area contributed by atoms with Gasteiger partial charge in [0.25, 0.3) is 10.0 Å². The number of nitrogen functional groups attached to an aromatic ring is 1. The monoisotopic (exact) mass is 455 g/mol. The third kappa shape index (κ3) is 14.9. The molecule has 0 aliphatic heterocycles. The minimum Gasteiger partial charge on any atom is -0.399 e. The average molecular weight is 456 g/mol. The summed E-state index contributed by atoms with van der Waals surface area (Å²) in [4.78, 5) is 12.0. The Labute approximate surface area is 190 Å². The van der Waals surface area contributed by atoms with Crippen LogP contribution in [0, 0.1) is 0 Å². The fourth-order valence-electron chi connectivity index (χ4n) is 3.56. The van der Waals surface area contributed by atoms with E-state index in [0.29, 0.717) is 5.69 Å². The van der Waals surface area contributed by atoms with Crippen LogP contribution >= 0.6 is 0 Å². The van der Waals surface area contributed by atoms with Gasteiger partial charge >= 0.3 is 0 Å². The van der Waals surface area contributed by atoms with Crippen LogP contribution < -0.4 is 16.6 Å². The van der Waals surface area contributed by atoms with Gasteiger partial charge in [-0.3, -0.25) is 4.79 Å². The van der Waals surface area contributed by atoms with Crippen molar-refractivity contribution in [2.75, 3.05) is 5.73 Å². The van der Waals surface area contributed by atoms with Crippen LogP contribution in [0.2, 0.25) is 0 Å². The zero-order chi connectivity index (χ0) is 22.1. The van der Waals surface area contributed by atoms with Gasteiger partial charge in [-0.25, -0.2) is 13.1 Å². The molecule has 0 aliphatic rings. The number of carbonyl (C=O) groups excluding carboxylic acids is 1. The highest BCUT2D eigenvalue weighted by atomic mass is 32.2. The molecule has 0 unspecified atom stereocenters. The van der Waals surface area contributed by atoms with Crippen molar-refractivity contribution in [3.05, 3.63) is 24.3 Å². The summed E-state index contributed by atoms with van der Waals surface area (Å²) in [6, 6.07) is 5.82. The number of hydrogen-bond acceptors (Lipinski definition) is 5. The van der Waals surface area contributed by atoms with Gasteiger partial charge in [0.15, 0.2) is 0 Å². The highest BCUT2D eigenvalue weighted by Gasteiger charge is 2.16. The van der Waals surface area contributed by atoms with Gasteiger partial charge in [-0.15, -0.1) is 0 Å². The van der Waals surface area contributed by atoms with E-state index >= 15 is 0 Å². The fraction of sp³-hybridized carbons (Fsp3) is 0.708. The van der Waals surface area contributed by atoms with Gasteiger partial charge in [-0.2, -0.15) is 0 Å². The second-order valence-corrected chi connectivity index (χ2v) is 9.98. The van der Waals surface area contributed by atoms with Crippen LogP contribution in [0.3, 0.4) is 0 Å². The number of unbranched alkanes of at least 4 members (excludes halogenated alkanes) is 14. The number of amides is 1. The summed E-state index contributed by atoms with van der Waals surface area (Å²) in [6.45, 7) is 2.26. The Hall–Kier alpha value is -1.60. The summed E-state index contributed by atoms with van der Waals surface area (Å²) in [6.07, 6.45) is 19.2. The summed E-state index contributed by atoms with van der Waals surface area (Å²) in [7, 11) is -3.80. The number of benzene rings is 1. The molecule has 0 heterocycles. The lowest BCUT2D eigenvalue weighted by Crippen LogP contribution is -2.30. The second-order valence-electron chi connectivity index (χ2n) is 8.30. The third-order valence-corrected chi connectivity index (χ3v) is 6.84. The number of hydrogen-bond donors (Lipinski definition) is 3. The van der Waals surface area contributed by atoms with Crippen LogP contribution in [0.4, 0.5) is 5.69 Å². The normalized spacial score (nSPS) is 11.1. The SMILES string of the molecule is CCCCCCCCCCCCCCCCCC(=O)NS(=O)(=O)c1ccc(N)cc1.N. The molecule has 0 saturated heterocycles. The van der Waals surface area contributed by atoms with E-state index in [1.807, 2.05) is 0 Å². The Bertz CT molecular complexity index is 676. The van der Waals surface area contributed by atoms with E-state index < -0.39 is 15.9 Å². The quantitative estimate of drug-likeness (QED) is 0.172. The maximum Gasteiger partial charge on any atom is 0.264 e. The molecule has 31 heavy (non-hydrogen) atoms. The molecule has 6 N–H and O–H groups in total. The van der Waals surface area contributed by atoms with Crippen molar-refractivity contribution in [2.45, 2.75) is 115 Å². The topological polar surface area (TPSA) is 124 Å². The van der Waals surface area contributed by atoms with Crippen LogP contribution in [-0.2, 0) is 14.8 Å². The Morgan fingerprint density at radius 3 is 1.55 bits per heavy atom. The Kier molecular flexibility index (Phi) is 17.1. The van der Waals surface area contributed by atoms with Crippen LogP contribution in [-0.4, -0.2) is 14.3 Å². The summed E-state index contributed by atoms with van der Waals surface area (Å²) >= 11 is 0. The van der Waals surface area contributed by atoms with E-state index in [4.69, 9.17) is 5.73 Å². The van der Waals surface area contributed by atoms with E-state index in [0.717, 1.165) is 19.3 Å². The summed E-state index contributed by atoms with van der Waals surface area (Å²) in [5.41, 5.74) is 6.04. The highest BCUT2D eigenvalue weighted by Crippen LogP contribution is 2.14. The number of sulfonamides is 1. The summed E-state index contributed by atoms with van der Waals surface area (Å²) in [5.74, 6) is -0.443. The van der Waals surface area contributed by atoms with Crippen molar-refractivity contribution in [1.29, 1.82) is 0 Å². The molecule has 0 saturated carbocycles. The van der Waals surface area contributed by atoms with Crippen LogP contribution in [0.25, 0.3) is 0 Å². The predicted molar refractivity (Wildman–Crippen MR) is 131 cm³/mol. The lowest BCUT2D eigenvalue weighted by atomic mass is 10.0. The molecule has 0 bridgehead atoms. The molecular weight excluding hydrogens is 410 g/mol. The molecule has 1 aromatic carbocycles. The van der Waals surface area contributed by atoms with Gasteiger partial charge in [0.05, 0.1) is 4.90 Å². The molecule has 6 nitrogen and oxygen atoms in total. The molecule has 0 radical (unpaired) electrons. The Balaban J connectivity index is 0.00000900. The fourth-order valence-corrected chi connectivity index (χ4v) is 4.58. The average Bonchev–Trinajstić information content (AvgIpc) is 2.71. The standard InChI is InChI=1S/C24H42N2O3S.H3N/c1-2-3-4-5-6-7-8-9-10-11-12-13-14-15-16-17-24(27)26-30(28,29)23-20-18-22(25)19-21-23;/h18-21H,2-17,25H2,1H3,(H,26,27);1H3. The molecule has 0 fully saturated rings. The first-order valence-electron chi connectivity index (χ1n) is 11.9. The third-order valence-electron chi connectivity index (χ3n) is 5.45. The van der Waals surface area contributed by atoms with Gasteiger partial charge in [-0.05, 0) is 30.7 Å². The van der Waals surface area contributed by atoms with Crippen molar-refractivity contribution >= 4 is 21.6 Å². The summed E-state index contributed by atoms with van der Waals surface area (Å²) < 4.78 is 26.4. The van der Waals surface area contributed by atoms with Gasteiger partial charge in [0, 0.05) is 12.1 Å². The molecule has 1 aromatic rings. The number of anilines is 1. The number of nitrogens with two attached hydrogens (primary N) is 1. The van der Waals surface area contributed by atoms with E-state index in [2.05, 4.69) is 11.6 Å². The molecule has 0 aromatic heterocycles.